The summed E-state index contributed by atoms with van der Waals surface area (Å²) in [7, 11) is -6.94. The van der Waals surface area contributed by atoms with E-state index in [0.29, 0.717) is 58.0 Å². The highest BCUT2D eigenvalue weighted by molar-refractivity contribution is 7.89. The van der Waals surface area contributed by atoms with Crippen molar-refractivity contribution in [3.05, 3.63) is 24.3 Å². The lowest BCUT2D eigenvalue weighted by molar-refractivity contribution is -0.117. The van der Waals surface area contributed by atoms with Crippen LogP contribution in [0, 0.1) is 0 Å². The first-order valence-electron chi connectivity index (χ1n) is 11.1. The Morgan fingerprint density at radius 1 is 0.875 bits per heavy atom. The highest BCUT2D eigenvalue weighted by Crippen LogP contribution is 2.22. The van der Waals surface area contributed by atoms with Crippen molar-refractivity contribution in [2.45, 2.75) is 31.6 Å². The number of sulfonamides is 1. The van der Waals surface area contributed by atoms with E-state index in [1.54, 1.807) is 12.1 Å². The second-order valence-corrected chi connectivity index (χ2v) is 11.8. The van der Waals surface area contributed by atoms with Crippen molar-refractivity contribution >= 4 is 31.8 Å². The molecule has 0 saturated carbocycles. The monoisotopic (exact) mass is 487 g/mol. The molecule has 3 rings (SSSR count). The SMILES string of the molecule is CCN(CC)S(=O)(=O)N1CCN(CC(=O)Nc2ccc(S(=O)(=O)N3CCCC3)cc2)CC1. The van der Waals surface area contributed by atoms with Crippen LogP contribution in [0.3, 0.4) is 0 Å². The van der Waals surface area contributed by atoms with E-state index in [-0.39, 0.29) is 17.3 Å². The van der Waals surface area contributed by atoms with E-state index in [4.69, 9.17) is 0 Å². The summed E-state index contributed by atoms with van der Waals surface area (Å²) in [5.74, 6) is -0.222. The molecule has 2 saturated heterocycles. The Morgan fingerprint density at radius 3 is 1.97 bits per heavy atom. The van der Waals surface area contributed by atoms with Crippen molar-refractivity contribution in [1.29, 1.82) is 0 Å². The number of hydrogen-bond donors (Lipinski definition) is 1. The number of amides is 1. The van der Waals surface area contributed by atoms with Crippen LogP contribution in [0.1, 0.15) is 26.7 Å². The molecule has 10 nitrogen and oxygen atoms in total. The van der Waals surface area contributed by atoms with Crippen LogP contribution in [-0.2, 0) is 25.0 Å². The molecular formula is C20H33N5O5S2. The van der Waals surface area contributed by atoms with Gasteiger partial charge in [0, 0.05) is 58.0 Å². The fourth-order valence-electron chi connectivity index (χ4n) is 4.02. The van der Waals surface area contributed by atoms with Gasteiger partial charge in [0.05, 0.1) is 11.4 Å². The van der Waals surface area contributed by atoms with Gasteiger partial charge in [-0.15, -0.1) is 0 Å². The zero-order valence-electron chi connectivity index (χ0n) is 18.7. The van der Waals surface area contributed by atoms with Gasteiger partial charge in [0.25, 0.3) is 10.2 Å². The summed E-state index contributed by atoms with van der Waals surface area (Å²) in [4.78, 5) is 14.6. The molecule has 180 valence electrons. The molecule has 1 aromatic rings. The van der Waals surface area contributed by atoms with Gasteiger partial charge in [-0.05, 0) is 37.1 Å². The minimum Gasteiger partial charge on any atom is -0.325 e. The summed E-state index contributed by atoms with van der Waals surface area (Å²) in [6.07, 6.45) is 1.76. The third-order valence-electron chi connectivity index (χ3n) is 5.90. The van der Waals surface area contributed by atoms with Gasteiger partial charge in [-0.25, -0.2) is 8.42 Å². The van der Waals surface area contributed by atoms with Gasteiger partial charge in [0.15, 0.2) is 0 Å². The van der Waals surface area contributed by atoms with E-state index in [1.807, 2.05) is 18.7 Å². The fraction of sp³-hybridized carbons (Fsp3) is 0.650. The molecule has 1 N–H and O–H groups in total. The van der Waals surface area contributed by atoms with Gasteiger partial charge in [-0.2, -0.15) is 21.3 Å². The summed E-state index contributed by atoms with van der Waals surface area (Å²) < 4.78 is 54.8. The second-order valence-electron chi connectivity index (χ2n) is 7.95. The summed E-state index contributed by atoms with van der Waals surface area (Å²) >= 11 is 0. The number of benzene rings is 1. The molecule has 0 unspecified atom stereocenters. The van der Waals surface area contributed by atoms with Crippen LogP contribution in [-0.4, -0.2) is 99.5 Å². The molecule has 32 heavy (non-hydrogen) atoms. The van der Waals surface area contributed by atoms with Crippen LogP contribution in [0.5, 0.6) is 0 Å². The molecule has 12 heteroatoms. The van der Waals surface area contributed by atoms with Crippen molar-refractivity contribution in [1.82, 2.24) is 17.8 Å². The fourth-order valence-corrected chi connectivity index (χ4v) is 7.14. The summed E-state index contributed by atoms with van der Waals surface area (Å²) in [5.41, 5.74) is 0.526. The van der Waals surface area contributed by atoms with E-state index in [1.165, 1.54) is 25.0 Å². The van der Waals surface area contributed by atoms with E-state index in [2.05, 4.69) is 5.32 Å². The molecule has 0 spiro atoms. The molecule has 0 bridgehead atoms. The molecule has 2 heterocycles. The Labute approximate surface area is 191 Å². The molecule has 1 amide bonds. The van der Waals surface area contributed by atoms with Crippen molar-refractivity contribution < 1.29 is 21.6 Å². The largest absolute Gasteiger partial charge is 0.325 e. The molecule has 2 aliphatic heterocycles. The summed E-state index contributed by atoms with van der Waals surface area (Å²) in [6.45, 7) is 7.36. The topological polar surface area (TPSA) is 110 Å². The molecule has 1 aromatic carbocycles. The van der Waals surface area contributed by atoms with Gasteiger partial charge in [0.1, 0.15) is 0 Å². The molecule has 0 aromatic heterocycles. The first kappa shape index (κ1) is 25.1. The lowest BCUT2D eigenvalue weighted by atomic mass is 10.3. The lowest BCUT2D eigenvalue weighted by Crippen LogP contribution is -2.54. The zero-order chi connectivity index (χ0) is 23.4. The normalized spacial score (nSPS) is 19.5. The Hall–Kier alpha value is -1.57. The number of hydrogen-bond acceptors (Lipinski definition) is 6. The van der Waals surface area contributed by atoms with Gasteiger partial charge in [0.2, 0.25) is 15.9 Å². The van der Waals surface area contributed by atoms with Crippen molar-refractivity contribution in [3.63, 3.8) is 0 Å². The maximum atomic E-state index is 12.6. The highest BCUT2D eigenvalue weighted by Gasteiger charge is 2.31. The Morgan fingerprint density at radius 2 is 1.44 bits per heavy atom. The zero-order valence-corrected chi connectivity index (χ0v) is 20.4. The lowest BCUT2D eigenvalue weighted by Gasteiger charge is -2.35. The first-order valence-corrected chi connectivity index (χ1v) is 13.9. The van der Waals surface area contributed by atoms with Gasteiger partial charge in [-0.3, -0.25) is 9.69 Å². The number of anilines is 1. The molecule has 2 fully saturated rings. The predicted molar refractivity (Wildman–Crippen MR) is 123 cm³/mol. The van der Waals surface area contributed by atoms with E-state index >= 15 is 0 Å². The highest BCUT2D eigenvalue weighted by atomic mass is 32.2. The minimum atomic E-state index is -3.48. The van der Waals surface area contributed by atoms with Crippen molar-refractivity contribution in [2.24, 2.45) is 0 Å². The van der Waals surface area contributed by atoms with Gasteiger partial charge >= 0.3 is 0 Å². The van der Waals surface area contributed by atoms with E-state index in [9.17, 15) is 21.6 Å². The first-order chi connectivity index (χ1) is 15.2. The average molecular weight is 488 g/mol. The number of nitrogens with zero attached hydrogens (tertiary/aromatic N) is 4. The van der Waals surface area contributed by atoms with Crippen molar-refractivity contribution in [2.75, 3.05) is 64.2 Å². The van der Waals surface area contributed by atoms with Crippen LogP contribution in [0.2, 0.25) is 0 Å². The third-order valence-corrected chi connectivity index (χ3v) is 10.00. The Balaban J connectivity index is 1.50. The number of carbonyl (C=O) groups excluding carboxylic acids is 1. The molecule has 2 aliphatic rings. The van der Waals surface area contributed by atoms with Crippen LogP contribution in [0.4, 0.5) is 5.69 Å². The van der Waals surface area contributed by atoms with Crippen molar-refractivity contribution in [3.8, 4) is 0 Å². The number of carbonyl (C=O) groups is 1. The molecule has 0 atom stereocenters. The third kappa shape index (κ3) is 5.67. The van der Waals surface area contributed by atoms with Crippen LogP contribution in [0.15, 0.2) is 29.2 Å². The smallest absolute Gasteiger partial charge is 0.282 e. The maximum absolute atomic E-state index is 12.6. The minimum absolute atomic E-state index is 0.146. The average Bonchev–Trinajstić information content (AvgIpc) is 3.31. The van der Waals surface area contributed by atoms with E-state index < -0.39 is 20.2 Å². The quantitative estimate of drug-likeness (QED) is 0.547. The maximum Gasteiger partial charge on any atom is 0.282 e. The van der Waals surface area contributed by atoms with Crippen LogP contribution in [0.25, 0.3) is 0 Å². The number of piperazine rings is 1. The van der Waals surface area contributed by atoms with Gasteiger partial charge < -0.3 is 5.32 Å². The Kier molecular flexibility index (Phi) is 8.28. The molecule has 0 aliphatic carbocycles. The number of rotatable bonds is 9. The predicted octanol–water partition coefficient (Wildman–Crippen LogP) is 0.614. The van der Waals surface area contributed by atoms with E-state index in [0.717, 1.165) is 12.8 Å². The van der Waals surface area contributed by atoms with Gasteiger partial charge in [-0.1, -0.05) is 13.8 Å². The molecular weight excluding hydrogens is 454 g/mol. The van der Waals surface area contributed by atoms with Crippen LogP contribution < -0.4 is 5.32 Å². The summed E-state index contributed by atoms with van der Waals surface area (Å²) in [6, 6.07) is 6.21. The molecule has 0 radical (unpaired) electrons. The van der Waals surface area contributed by atoms with Crippen LogP contribution >= 0.6 is 0 Å². The summed E-state index contributed by atoms with van der Waals surface area (Å²) in [5, 5.41) is 2.79. The standard InChI is InChI=1S/C20H33N5O5S2/c1-3-23(4-2)32(29,30)25-15-13-22(14-16-25)17-20(26)21-18-7-9-19(10-8-18)31(27,28)24-11-5-6-12-24/h7-10H,3-6,11-17H2,1-2H3,(H,21,26). The number of nitrogens with one attached hydrogen (secondary N) is 1. The Bertz CT molecular complexity index is 980. The second kappa shape index (κ2) is 10.6.